The minimum Gasteiger partial charge on any atom is -0.423 e. The summed E-state index contributed by atoms with van der Waals surface area (Å²) in [6, 6.07) is 15.0. The Morgan fingerprint density at radius 3 is 1.95 bits per heavy atom. The monoisotopic (exact) mass is 530 g/mol. The highest BCUT2D eigenvalue weighted by atomic mass is 32.1. The number of thiazole rings is 1. The molecule has 0 spiro atoms. The van der Waals surface area contributed by atoms with Crippen LogP contribution in [0.25, 0.3) is 31.8 Å². The van der Waals surface area contributed by atoms with Gasteiger partial charge >= 0.3 is 27.9 Å². The molecular weight excluding hydrogens is 508 g/mol. The first kappa shape index (κ1) is 22.3. The number of aromatic nitrogens is 2. The molecule has 0 unspecified atom stereocenters. The third-order valence-electron chi connectivity index (χ3n) is 8.43. The van der Waals surface area contributed by atoms with E-state index in [1.54, 1.807) is 11.3 Å². The smallest absolute Gasteiger partial charge is 0.381 e. The molecule has 0 saturated carbocycles. The first-order valence-corrected chi connectivity index (χ1v) is 14.5. The van der Waals surface area contributed by atoms with Crippen LogP contribution in [0.1, 0.15) is 5.56 Å². The summed E-state index contributed by atoms with van der Waals surface area (Å²) in [5, 5.41) is 0. The van der Waals surface area contributed by atoms with Crippen LogP contribution in [0.3, 0.4) is 0 Å². The van der Waals surface area contributed by atoms with Gasteiger partial charge in [0.05, 0.1) is 21.3 Å². The average molecular weight is 530 g/mol. The van der Waals surface area contributed by atoms with E-state index in [-0.39, 0.29) is 27.9 Å². The van der Waals surface area contributed by atoms with Crippen molar-refractivity contribution < 1.29 is 0 Å². The number of imidazole rings is 1. The molecular formula is C29H22B4N6S. The first-order chi connectivity index (χ1) is 19.8. The van der Waals surface area contributed by atoms with Gasteiger partial charge in [0, 0.05) is 5.56 Å². The van der Waals surface area contributed by atoms with E-state index in [9.17, 15) is 0 Å². The zero-order valence-corrected chi connectivity index (χ0v) is 22.4. The van der Waals surface area contributed by atoms with Crippen LogP contribution in [0.15, 0.2) is 134 Å². The molecule has 4 aromatic rings. The number of hydrogen-bond donors (Lipinski definition) is 0. The van der Waals surface area contributed by atoms with E-state index >= 15 is 0 Å². The maximum Gasteiger partial charge on any atom is 0.381 e. The minimum absolute atomic E-state index is 0.0234. The predicted molar refractivity (Wildman–Crippen MR) is 170 cm³/mol. The molecule has 9 rings (SSSR count). The Bertz CT molecular complexity index is 1920. The van der Waals surface area contributed by atoms with Gasteiger partial charge < -0.3 is 18.9 Å². The highest BCUT2D eigenvalue weighted by molar-refractivity contribution is 7.24. The second-order valence-corrected chi connectivity index (χ2v) is 11.5. The normalized spacial score (nSPS) is 19.1. The maximum absolute atomic E-state index is 4.94. The Kier molecular flexibility index (Phi) is 4.75. The number of para-hydroxylation sites is 2. The van der Waals surface area contributed by atoms with Crippen LogP contribution < -0.4 is 0 Å². The molecule has 40 heavy (non-hydrogen) atoms. The van der Waals surface area contributed by atoms with Crippen molar-refractivity contribution >= 4 is 71.1 Å². The first-order valence-electron chi connectivity index (χ1n) is 13.7. The van der Waals surface area contributed by atoms with Gasteiger partial charge in [-0.3, -0.25) is 4.40 Å². The van der Waals surface area contributed by atoms with Crippen molar-refractivity contribution in [3.8, 4) is 0 Å². The highest BCUT2D eigenvalue weighted by Gasteiger charge is 2.49. The fraction of sp³-hybridized carbons (Fsp3) is 0. The average Bonchev–Trinajstić information content (AvgIpc) is 3.56. The fourth-order valence-electron chi connectivity index (χ4n) is 6.65. The van der Waals surface area contributed by atoms with Gasteiger partial charge in [0.25, 0.3) is 0 Å². The van der Waals surface area contributed by atoms with Gasteiger partial charge in [-0.05, 0) is 72.9 Å². The second-order valence-electron chi connectivity index (χ2n) is 10.5. The van der Waals surface area contributed by atoms with E-state index in [1.807, 2.05) is 0 Å². The quantitative estimate of drug-likeness (QED) is 0.317. The number of benzene rings is 2. The summed E-state index contributed by atoms with van der Waals surface area (Å²) in [5.41, 5.74) is 5.88. The van der Waals surface area contributed by atoms with Gasteiger partial charge in [-0.25, -0.2) is 4.98 Å². The van der Waals surface area contributed by atoms with Crippen molar-refractivity contribution in [3.63, 3.8) is 0 Å². The van der Waals surface area contributed by atoms with Crippen molar-refractivity contribution in [2.75, 3.05) is 0 Å². The lowest BCUT2D eigenvalue weighted by Gasteiger charge is -2.53. The standard InChI is InChI=1S/C29H22B4N6S/c1-2-12-26-25(11-1)34-29-39(26)27-13-9-10-24(28(27)40-29)23-14-21-38-32-17-4-7-19-36(32)30-15-3-6-18-35(30)31-16-5-8-20-37(31)33(38)22-23/h1-22H. The maximum atomic E-state index is 4.94. The van der Waals surface area contributed by atoms with E-state index in [4.69, 9.17) is 4.98 Å². The summed E-state index contributed by atoms with van der Waals surface area (Å²) in [6.07, 6.45) is 24.2. The topological polar surface area (TPSA) is 30.3 Å². The van der Waals surface area contributed by atoms with Gasteiger partial charge in [0.2, 0.25) is 0 Å². The number of allylic oxidation sites excluding steroid dienone is 8. The van der Waals surface area contributed by atoms with Crippen LogP contribution >= 0.6 is 11.3 Å². The lowest BCUT2D eigenvalue weighted by molar-refractivity contribution is 0.622. The lowest BCUT2D eigenvalue weighted by Crippen LogP contribution is -2.73. The van der Waals surface area contributed by atoms with Crippen LogP contribution in [-0.2, 0) is 0 Å². The van der Waals surface area contributed by atoms with E-state index in [0.29, 0.717) is 0 Å². The van der Waals surface area contributed by atoms with E-state index < -0.39 is 0 Å². The van der Waals surface area contributed by atoms with Gasteiger partial charge in [-0.15, -0.1) is 0 Å². The van der Waals surface area contributed by atoms with Crippen molar-refractivity contribution in [2.45, 2.75) is 0 Å². The molecule has 0 atom stereocenters. The molecule has 6 nitrogen and oxygen atoms in total. The Hall–Kier alpha value is -4.49. The minimum atomic E-state index is 0.0234. The molecule has 11 heteroatoms. The molecule has 0 radical (unpaired) electrons. The Morgan fingerprint density at radius 1 is 0.600 bits per heavy atom. The van der Waals surface area contributed by atoms with E-state index in [0.717, 1.165) is 16.0 Å². The molecule has 5 aliphatic rings. The Balaban J connectivity index is 1.21. The molecule has 0 bridgehead atoms. The number of rotatable bonds is 1. The molecule has 2 aromatic heterocycles. The van der Waals surface area contributed by atoms with Crippen LogP contribution in [0.2, 0.25) is 0 Å². The molecule has 186 valence electrons. The molecule has 0 N–H and O–H groups in total. The second kappa shape index (κ2) is 8.50. The fourth-order valence-corrected chi connectivity index (χ4v) is 7.82. The van der Waals surface area contributed by atoms with Gasteiger partial charge in [0.1, 0.15) is 0 Å². The van der Waals surface area contributed by atoms with Crippen LogP contribution in [0.4, 0.5) is 0 Å². The van der Waals surface area contributed by atoms with Crippen LogP contribution in [0.5, 0.6) is 0 Å². The van der Waals surface area contributed by atoms with Crippen molar-refractivity contribution in [3.05, 3.63) is 139 Å². The number of hydrogen-bond acceptors (Lipinski definition) is 6. The van der Waals surface area contributed by atoms with E-state index in [1.165, 1.54) is 21.4 Å². The largest absolute Gasteiger partial charge is 0.423 e. The summed E-state index contributed by atoms with van der Waals surface area (Å²) in [5.74, 6) is 9.31. The Labute approximate surface area is 238 Å². The van der Waals surface area contributed by atoms with Gasteiger partial charge in [0.15, 0.2) is 4.96 Å². The van der Waals surface area contributed by atoms with E-state index in [2.05, 4.69) is 157 Å². The summed E-state index contributed by atoms with van der Waals surface area (Å²) >= 11 is 1.77. The van der Waals surface area contributed by atoms with Crippen molar-refractivity contribution in [1.82, 2.24) is 28.3 Å². The third kappa shape index (κ3) is 3.12. The summed E-state index contributed by atoms with van der Waals surface area (Å²) in [4.78, 5) is 5.97. The predicted octanol–water partition coefficient (Wildman–Crippen LogP) is 5.19. The zero-order valence-electron chi connectivity index (χ0n) is 21.6. The lowest BCUT2D eigenvalue weighted by atomic mass is 9.41. The molecule has 1 fully saturated rings. The molecule has 5 aliphatic heterocycles. The van der Waals surface area contributed by atoms with Crippen molar-refractivity contribution in [2.24, 2.45) is 0 Å². The molecule has 0 aliphatic carbocycles. The molecule has 0 amide bonds. The highest BCUT2D eigenvalue weighted by Crippen LogP contribution is 2.38. The number of fused-ring (bicyclic) bond motifs is 13. The summed E-state index contributed by atoms with van der Waals surface area (Å²) < 4.78 is 13.4. The molecule has 2 aromatic carbocycles. The van der Waals surface area contributed by atoms with Gasteiger partial charge in [-0.1, -0.05) is 77.7 Å². The van der Waals surface area contributed by atoms with Crippen molar-refractivity contribution in [1.29, 1.82) is 0 Å². The molecule has 1 saturated heterocycles. The third-order valence-corrected chi connectivity index (χ3v) is 9.52. The number of nitrogens with zero attached hydrogens (tertiary/aromatic N) is 6. The van der Waals surface area contributed by atoms with Crippen LogP contribution in [0, 0.1) is 0 Å². The van der Waals surface area contributed by atoms with Crippen LogP contribution in [-0.4, -0.2) is 56.2 Å². The van der Waals surface area contributed by atoms with Gasteiger partial charge in [-0.2, -0.15) is 0 Å². The Morgan fingerprint density at radius 2 is 1.23 bits per heavy atom. The summed E-state index contributed by atoms with van der Waals surface area (Å²) in [6.45, 7) is 0.306. The summed E-state index contributed by atoms with van der Waals surface area (Å²) in [7, 11) is 0. The zero-order chi connectivity index (χ0) is 26.2. The molecule has 7 heterocycles. The SMILES string of the molecule is C1=CB2N(C=C1)B1C=CC=CN1B1C=C(c3cccc4c3sc3nc5ccccc5n34)C=CN1B1C=CC=CN21.